The van der Waals surface area contributed by atoms with E-state index in [1.807, 2.05) is 0 Å². The van der Waals surface area contributed by atoms with E-state index in [0.717, 1.165) is 12.8 Å². The lowest BCUT2D eigenvalue weighted by atomic mass is 9.94. The Kier molecular flexibility index (Phi) is 5.49. The van der Waals surface area contributed by atoms with Crippen molar-refractivity contribution in [2.24, 2.45) is 5.92 Å². The Hall–Kier alpha value is -1.95. The van der Waals surface area contributed by atoms with Crippen molar-refractivity contribution in [3.63, 3.8) is 0 Å². The van der Waals surface area contributed by atoms with Crippen LogP contribution in [0.5, 0.6) is 0 Å². The number of aliphatic hydroxyl groups is 1. The predicted octanol–water partition coefficient (Wildman–Crippen LogP) is 2.95. The minimum absolute atomic E-state index is 0.00190. The van der Waals surface area contributed by atoms with Gasteiger partial charge >= 0.3 is 0 Å². The van der Waals surface area contributed by atoms with E-state index in [1.165, 1.54) is 6.07 Å². The summed E-state index contributed by atoms with van der Waals surface area (Å²) in [6.45, 7) is 4.29. The van der Waals surface area contributed by atoms with Crippen LogP contribution >= 0.6 is 0 Å². The van der Waals surface area contributed by atoms with Gasteiger partial charge in [-0.2, -0.15) is 4.98 Å². The van der Waals surface area contributed by atoms with Gasteiger partial charge in [-0.3, -0.25) is 0 Å². The van der Waals surface area contributed by atoms with Crippen molar-refractivity contribution in [1.82, 2.24) is 9.97 Å². The van der Waals surface area contributed by atoms with Crippen LogP contribution in [0.3, 0.4) is 0 Å². The number of nitrogens with one attached hydrogen (secondary N) is 1. The lowest BCUT2D eigenvalue weighted by Gasteiger charge is -2.25. The number of halogens is 1. The second kappa shape index (κ2) is 7.35. The van der Waals surface area contributed by atoms with E-state index in [-0.39, 0.29) is 24.4 Å². The highest BCUT2D eigenvalue weighted by atomic mass is 19.1. The summed E-state index contributed by atoms with van der Waals surface area (Å²) in [6, 6.07) is 4.68. The number of rotatable bonds is 7. The monoisotopic (exact) mass is 306 g/mol. The Morgan fingerprint density at radius 1 is 1.32 bits per heavy atom. The highest BCUT2D eigenvalue weighted by molar-refractivity contribution is 5.90. The molecule has 5 nitrogen and oxygen atoms in total. The zero-order valence-corrected chi connectivity index (χ0v) is 13.0. The van der Waals surface area contributed by atoms with Gasteiger partial charge in [-0.15, -0.1) is 0 Å². The standard InChI is InChI=1S/C16H23FN4O/c1-3-5-10(2)12(8-9-22)19-15-14-11(17)6-4-7-13(14)20-16(18)21-15/h4,6-7,10,12,22H,3,5,8-9H2,1-2H3,(H3,18,19,20,21)/t10-,12-/m0/s1. The molecule has 4 N–H and O–H groups in total. The summed E-state index contributed by atoms with van der Waals surface area (Å²) in [5.41, 5.74) is 6.20. The average Bonchev–Trinajstić information content (AvgIpc) is 2.46. The van der Waals surface area contributed by atoms with Crippen LogP contribution in [0.25, 0.3) is 10.9 Å². The summed E-state index contributed by atoms with van der Waals surface area (Å²) >= 11 is 0. The van der Waals surface area contributed by atoms with Gasteiger partial charge in [0.15, 0.2) is 0 Å². The number of aromatic nitrogens is 2. The van der Waals surface area contributed by atoms with Gasteiger partial charge in [0.05, 0.1) is 10.9 Å². The second-order valence-electron chi connectivity index (χ2n) is 5.59. The minimum Gasteiger partial charge on any atom is -0.396 e. The van der Waals surface area contributed by atoms with Crippen molar-refractivity contribution in [2.75, 3.05) is 17.7 Å². The number of benzene rings is 1. The predicted molar refractivity (Wildman–Crippen MR) is 87.1 cm³/mol. The molecule has 2 aromatic rings. The Morgan fingerprint density at radius 2 is 2.09 bits per heavy atom. The van der Waals surface area contributed by atoms with E-state index in [0.29, 0.717) is 29.1 Å². The summed E-state index contributed by atoms with van der Waals surface area (Å²) in [4.78, 5) is 8.23. The third kappa shape index (κ3) is 3.62. The lowest BCUT2D eigenvalue weighted by molar-refractivity contribution is 0.261. The fourth-order valence-corrected chi connectivity index (χ4v) is 2.73. The largest absolute Gasteiger partial charge is 0.396 e. The zero-order chi connectivity index (χ0) is 16.1. The number of hydrogen-bond acceptors (Lipinski definition) is 5. The summed E-state index contributed by atoms with van der Waals surface area (Å²) in [7, 11) is 0. The van der Waals surface area contributed by atoms with Crippen molar-refractivity contribution in [2.45, 2.75) is 39.2 Å². The Balaban J connectivity index is 2.40. The van der Waals surface area contributed by atoms with E-state index < -0.39 is 0 Å². The van der Waals surface area contributed by atoms with Crippen molar-refractivity contribution >= 4 is 22.7 Å². The van der Waals surface area contributed by atoms with E-state index in [1.54, 1.807) is 12.1 Å². The minimum atomic E-state index is -0.383. The molecule has 1 aromatic carbocycles. The second-order valence-corrected chi connectivity index (χ2v) is 5.59. The molecule has 0 saturated heterocycles. The summed E-state index contributed by atoms with van der Waals surface area (Å²) < 4.78 is 14.2. The third-order valence-corrected chi connectivity index (χ3v) is 3.88. The maximum absolute atomic E-state index is 14.2. The molecule has 0 aliphatic rings. The molecule has 0 spiro atoms. The van der Waals surface area contributed by atoms with Crippen LogP contribution < -0.4 is 11.1 Å². The molecule has 2 rings (SSSR count). The van der Waals surface area contributed by atoms with E-state index in [4.69, 9.17) is 5.73 Å². The molecule has 1 heterocycles. The SMILES string of the molecule is CCC[C@H](C)[C@H](CCO)Nc1nc(N)nc2cccc(F)c12. The molecule has 0 aliphatic heterocycles. The van der Waals surface area contributed by atoms with E-state index in [9.17, 15) is 9.50 Å². The fraction of sp³-hybridized carbons (Fsp3) is 0.500. The third-order valence-electron chi connectivity index (χ3n) is 3.88. The molecule has 0 bridgehead atoms. The highest BCUT2D eigenvalue weighted by Crippen LogP contribution is 2.27. The first-order valence-electron chi connectivity index (χ1n) is 7.66. The van der Waals surface area contributed by atoms with Crippen molar-refractivity contribution in [3.05, 3.63) is 24.0 Å². The highest BCUT2D eigenvalue weighted by Gasteiger charge is 2.19. The van der Waals surface area contributed by atoms with Crippen LogP contribution in [0, 0.1) is 11.7 Å². The Labute approximate surface area is 129 Å². The first kappa shape index (κ1) is 16.4. The van der Waals surface area contributed by atoms with Crippen molar-refractivity contribution < 1.29 is 9.50 Å². The first-order chi connectivity index (χ1) is 10.6. The number of fused-ring (bicyclic) bond motifs is 1. The van der Waals surface area contributed by atoms with Gasteiger partial charge in [0.1, 0.15) is 11.6 Å². The van der Waals surface area contributed by atoms with Gasteiger partial charge < -0.3 is 16.2 Å². The lowest BCUT2D eigenvalue weighted by Crippen LogP contribution is -2.29. The molecular weight excluding hydrogens is 283 g/mol. The zero-order valence-electron chi connectivity index (χ0n) is 13.0. The fourth-order valence-electron chi connectivity index (χ4n) is 2.73. The molecule has 0 aliphatic carbocycles. The molecule has 22 heavy (non-hydrogen) atoms. The maximum Gasteiger partial charge on any atom is 0.222 e. The molecule has 120 valence electrons. The molecule has 1 aromatic heterocycles. The number of aliphatic hydroxyl groups excluding tert-OH is 1. The number of hydrogen-bond donors (Lipinski definition) is 3. The number of anilines is 2. The van der Waals surface area contributed by atoms with Gasteiger partial charge in [-0.05, 0) is 30.9 Å². The molecular formula is C16H23FN4O. The number of nitrogen functional groups attached to an aromatic ring is 1. The number of nitrogens with two attached hydrogens (primary N) is 1. The van der Waals surface area contributed by atoms with Crippen LogP contribution in [0.2, 0.25) is 0 Å². The van der Waals surface area contributed by atoms with E-state index >= 15 is 0 Å². The van der Waals surface area contributed by atoms with Crippen LogP contribution in [0.15, 0.2) is 18.2 Å². The molecule has 0 fully saturated rings. The molecule has 0 radical (unpaired) electrons. The van der Waals surface area contributed by atoms with Crippen LogP contribution in [-0.4, -0.2) is 27.7 Å². The molecule has 2 atom stereocenters. The summed E-state index contributed by atoms with van der Waals surface area (Å²) in [5, 5.41) is 12.9. The normalized spacial score (nSPS) is 14.0. The van der Waals surface area contributed by atoms with Gasteiger partial charge in [-0.25, -0.2) is 9.37 Å². The quantitative estimate of drug-likeness (QED) is 0.732. The van der Waals surface area contributed by atoms with Crippen molar-refractivity contribution in [1.29, 1.82) is 0 Å². The Morgan fingerprint density at radius 3 is 2.77 bits per heavy atom. The molecule has 0 saturated carbocycles. The van der Waals surface area contributed by atoms with Gasteiger partial charge in [0, 0.05) is 12.6 Å². The summed E-state index contributed by atoms with van der Waals surface area (Å²) in [5.74, 6) is 0.439. The molecule has 0 unspecified atom stereocenters. The average molecular weight is 306 g/mol. The smallest absolute Gasteiger partial charge is 0.222 e. The summed E-state index contributed by atoms with van der Waals surface area (Å²) in [6.07, 6.45) is 2.63. The van der Waals surface area contributed by atoms with E-state index in [2.05, 4.69) is 29.1 Å². The van der Waals surface area contributed by atoms with Gasteiger partial charge in [0.2, 0.25) is 5.95 Å². The van der Waals surface area contributed by atoms with Crippen molar-refractivity contribution in [3.8, 4) is 0 Å². The molecule has 0 amide bonds. The topological polar surface area (TPSA) is 84.1 Å². The van der Waals surface area contributed by atoms with Crippen LogP contribution in [-0.2, 0) is 0 Å². The maximum atomic E-state index is 14.2. The van der Waals surface area contributed by atoms with Crippen LogP contribution in [0.4, 0.5) is 16.2 Å². The molecule has 6 heteroatoms. The van der Waals surface area contributed by atoms with Gasteiger partial charge in [0.25, 0.3) is 0 Å². The van der Waals surface area contributed by atoms with Gasteiger partial charge in [-0.1, -0.05) is 26.3 Å². The Bertz CT molecular complexity index is 635. The van der Waals surface area contributed by atoms with Crippen LogP contribution in [0.1, 0.15) is 33.1 Å². The number of nitrogens with zero attached hydrogens (tertiary/aromatic N) is 2. The first-order valence-corrected chi connectivity index (χ1v) is 7.66.